The smallest absolute Gasteiger partial charge is 0.345 e. The highest BCUT2D eigenvalue weighted by Gasteiger charge is 2.37. The number of hydrogen-bond donors (Lipinski definition) is 4. The Morgan fingerprint density at radius 1 is 1.03 bits per heavy atom. The number of benzene rings is 1. The maximum Gasteiger partial charge on any atom is 0.345 e. The Bertz CT molecular complexity index is 693. The molecule has 1 aromatic carbocycles. The average molecular weight is 433 g/mol. The Kier molecular flexibility index (Phi) is 9.57. The SMILES string of the molecule is Cc1cc(F)cc(C)c1OCCCCCN[C@@H]1C=C(COC(F)F)[C@H](O)[C@H](O)[C@H]1O. The minimum Gasteiger partial charge on any atom is -0.493 e. The van der Waals surface area contributed by atoms with E-state index >= 15 is 0 Å². The van der Waals surface area contributed by atoms with E-state index in [2.05, 4.69) is 10.1 Å². The zero-order valence-electron chi connectivity index (χ0n) is 17.2. The van der Waals surface area contributed by atoms with E-state index in [1.807, 2.05) is 0 Å². The van der Waals surface area contributed by atoms with Crippen molar-refractivity contribution in [3.05, 3.63) is 40.7 Å². The van der Waals surface area contributed by atoms with E-state index in [9.17, 15) is 28.5 Å². The number of aliphatic hydroxyl groups excluding tert-OH is 3. The molecule has 0 spiro atoms. The normalized spacial score (nSPS) is 24.2. The minimum absolute atomic E-state index is 0.101. The lowest BCUT2D eigenvalue weighted by Gasteiger charge is -2.35. The highest BCUT2D eigenvalue weighted by atomic mass is 19.3. The quantitative estimate of drug-likeness (QED) is 0.316. The van der Waals surface area contributed by atoms with Crippen LogP contribution in [0.2, 0.25) is 0 Å². The van der Waals surface area contributed by atoms with Crippen molar-refractivity contribution in [2.45, 2.75) is 64.1 Å². The molecule has 0 aromatic heterocycles. The molecule has 0 radical (unpaired) electrons. The first-order chi connectivity index (χ1) is 14.2. The fraction of sp³-hybridized carbons (Fsp3) is 0.619. The van der Waals surface area contributed by atoms with E-state index < -0.39 is 37.6 Å². The van der Waals surface area contributed by atoms with Crippen LogP contribution in [0.1, 0.15) is 30.4 Å². The molecule has 1 aliphatic carbocycles. The molecular formula is C21H30F3NO5. The van der Waals surface area contributed by atoms with Gasteiger partial charge in [-0.15, -0.1) is 0 Å². The molecule has 0 aliphatic heterocycles. The highest BCUT2D eigenvalue weighted by molar-refractivity contribution is 5.40. The molecule has 30 heavy (non-hydrogen) atoms. The molecule has 1 aliphatic rings. The van der Waals surface area contributed by atoms with Crippen molar-refractivity contribution in [3.63, 3.8) is 0 Å². The summed E-state index contributed by atoms with van der Waals surface area (Å²) in [4.78, 5) is 0. The summed E-state index contributed by atoms with van der Waals surface area (Å²) in [5.41, 5.74) is 1.60. The van der Waals surface area contributed by atoms with Crippen molar-refractivity contribution in [1.29, 1.82) is 0 Å². The molecule has 0 amide bonds. The Morgan fingerprint density at radius 3 is 2.33 bits per heavy atom. The van der Waals surface area contributed by atoms with Crippen LogP contribution in [0.3, 0.4) is 0 Å². The molecule has 170 valence electrons. The van der Waals surface area contributed by atoms with E-state index in [0.29, 0.717) is 18.9 Å². The second-order valence-corrected chi connectivity index (χ2v) is 7.50. The van der Waals surface area contributed by atoms with Gasteiger partial charge >= 0.3 is 6.61 Å². The van der Waals surface area contributed by atoms with Gasteiger partial charge in [0.05, 0.1) is 19.3 Å². The zero-order valence-corrected chi connectivity index (χ0v) is 17.2. The molecule has 0 bridgehead atoms. The minimum atomic E-state index is -2.99. The molecule has 1 aromatic rings. The summed E-state index contributed by atoms with van der Waals surface area (Å²) in [5.74, 6) is 0.403. The van der Waals surface area contributed by atoms with Gasteiger partial charge < -0.3 is 30.1 Å². The molecule has 9 heteroatoms. The van der Waals surface area contributed by atoms with Crippen molar-refractivity contribution in [2.24, 2.45) is 0 Å². The van der Waals surface area contributed by atoms with Crippen LogP contribution in [-0.4, -0.2) is 66.0 Å². The lowest BCUT2D eigenvalue weighted by Crippen LogP contribution is -2.54. The van der Waals surface area contributed by atoms with Gasteiger partial charge in [0.1, 0.15) is 29.9 Å². The highest BCUT2D eigenvalue weighted by Crippen LogP contribution is 2.24. The molecule has 4 N–H and O–H groups in total. The molecule has 4 atom stereocenters. The van der Waals surface area contributed by atoms with Crippen molar-refractivity contribution < 1.29 is 38.0 Å². The first kappa shape index (κ1) is 24.6. The van der Waals surface area contributed by atoms with Gasteiger partial charge in [-0.1, -0.05) is 6.08 Å². The van der Waals surface area contributed by atoms with E-state index in [0.717, 1.165) is 30.4 Å². The van der Waals surface area contributed by atoms with E-state index in [-0.39, 0.29) is 11.4 Å². The van der Waals surface area contributed by atoms with Gasteiger partial charge in [-0.05, 0) is 68.5 Å². The van der Waals surface area contributed by atoms with Gasteiger partial charge in [-0.2, -0.15) is 8.78 Å². The standard InChI is InChI=1S/C21H30F3NO5/c1-12-8-15(22)9-13(2)20(12)29-7-5-3-4-6-25-16-10-14(11-30-21(23)24)17(26)19(28)18(16)27/h8-10,16-19,21,25-28H,3-7,11H2,1-2H3/t16-,17+,18+,19+/m1/s1. The molecule has 0 saturated heterocycles. The molecule has 0 saturated carbocycles. The van der Waals surface area contributed by atoms with Crippen LogP contribution in [0.5, 0.6) is 5.75 Å². The predicted molar refractivity (Wildman–Crippen MR) is 105 cm³/mol. The lowest BCUT2D eigenvalue weighted by molar-refractivity contribution is -0.129. The van der Waals surface area contributed by atoms with Crippen LogP contribution < -0.4 is 10.1 Å². The molecule has 0 heterocycles. The average Bonchev–Trinajstić information content (AvgIpc) is 2.67. The summed E-state index contributed by atoms with van der Waals surface area (Å²) in [6.07, 6.45) is -0.423. The van der Waals surface area contributed by atoms with Crippen LogP contribution in [-0.2, 0) is 4.74 Å². The maximum atomic E-state index is 13.3. The second-order valence-electron chi connectivity index (χ2n) is 7.50. The number of ether oxygens (including phenoxy) is 2. The van der Waals surface area contributed by atoms with Crippen LogP contribution >= 0.6 is 0 Å². The Hall–Kier alpha value is -1.65. The Labute approximate surface area is 174 Å². The van der Waals surface area contributed by atoms with E-state index in [1.165, 1.54) is 18.2 Å². The summed E-state index contributed by atoms with van der Waals surface area (Å²) in [7, 11) is 0. The number of unbranched alkanes of at least 4 members (excludes halogenated alkanes) is 2. The Morgan fingerprint density at radius 2 is 1.70 bits per heavy atom. The number of rotatable bonds is 11. The second kappa shape index (κ2) is 11.7. The summed E-state index contributed by atoms with van der Waals surface area (Å²) in [6, 6.07) is 2.18. The molecule has 2 rings (SSSR count). The van der Waals surface area contributed by atoms with Crippen LogP contribution in [0.25, 0.3) is 0 Å². The summed E-state index contributed by atoms with van der Waals surface area (Å²) < 4.78 is 47.7. The van der Waals surface area contributed by atoms with Gasteiger partial charge in [0.2, 0.25) is 0 Å². The van der Waals surface area contributed by atoms with Crippen LogP contribution in [0.15, 0.2) is 23.8 Å². The van der Waals surface area contributed by atoms with Crippen LogP contribution in [0.4, 0.5) is 13.2 Å². The monoisotopic (exact) mass is 433 g/mol. The first-order valence-corrected chi connectivity index (χ1v) is 9.98. The molecule has 0 unspecified atom stereocenters. The lowest BCUT2D eigenvalue weighted by atomic mass is 9.88. The zero-order chi connectivity index (χ0) is 22.3. The maximum absolute atomic E-state index is 13.3. The van der Waals surface area contributed by atoms with E-state index in [1.54, 1.807) is 13.8 Å². The number of aryl methyl sites for hydroxylation is 2. The first-order valence-electron chi connectivity index (χ1n) is 9.98. The van der Waals surface area contributed by atoms with Crippen molar-refractivity contribution in [1.82, 2.24) is 5.32 Å². The fourth-order valence-corrected chi connectivity index (χ4v) is 3.49. The van der Waals surface area contributed by atoms with Gasteiger partial charge in [-0.25, -0.2) is 4.39 Å². The summed E-state index contributed by atoms with van der Waals surface area (Å²) >= 11 is 0. The summed E-state index contributed by atoms with van der Waals surface area (Å²) in [6.45, 7) is 1.07. The number of halogens is 3. The number of alkyl halides is 2. The number of aliphatic hydroxyl groups is 3. The van der Waals surface area contributed by atoms with Crippen molar-refractivity contribution in [3.8, 4) is 5.75 Å². The van der Waals surface area contributed by atoms with E-state index in [4.69, 9.17) is 4.74 Å². The number of hydrogen-bond acceptors (Lipinski definition) is 6. The predicted octanol–water partition coefficient (Wildman–Crippen LogP) is 2.21. The van der Waals surface area contributed by atoms with Gasteiger partial charge in [-0.3, -0.25) is 0 Å². The topological polar surface area (TPSA) is 91.2 Å². The third-order valence-corrected chi connectivity index (χ3v) is 5.06. The van der Waals surface area contributed by atoms with Gasteiger partial charge in [0.25, 0.3) is 0 Å². The third kappa shape index (κ3) is 6.95. The van der Waals surface area contributed by atoms with Crippen LogP contribution in [0, 0.1) is 19.7 Å². The van der Waals surface area contributed by atoms with Gasteiger partial charge in [0, 0.05) is 0 Å². The van der Waals surface area contributed by atoms with Gasteiger partial charge in [0.15, 0.2) is 0 Å². The summed E-state index contributed by atoms with van der Waals surface area (Å²) in [5, 5.41) is 33.0. The fourth-order valence-electron chi connectivity index (χ4n) is 3.49. The number of nitrogens with one attached hydrogen (secondary N) is 1. The van der Waals surface area contributed by atoms with Crippen molar-refractivity contribution in [2.75, 3.05) is 19.8 Å². The molecule has 6 nitrogen and oxygen atoms in total. The largest absolute Gasteiger partial charge is 0.493 e. The molecule has 0 fully saturated rings. The molecular weight excluding hydrogens is 403 g/mol. The van der Waals surface area contributed by atoms with Crippen molar-refractivity contribution >= 4 is 0 Å². The Balaban J connectivity index is 1.72. The third-order valence-electron chi connectivity index (χ3n) is 5.06.